The number of hydrogen-bond acceptors (Lipinski definition) is 3. The van der Waals surface area contributed by atoms with Gasteiger partial charge >= 0.3 is 0 Å². The first-order valence-corrected chi connectivity index (χ1v) is 8.46. The Bertz CT molecular complexity index is 583. The zero-order valence-electron chi connectivity index (χ0n) is 11.8. The minimum atomic E-state index is -0.398. The molecule has 3 rings (SSSR count). The van der Waals surface area contributed by atoms with Gasteiger partial charge in [0.25, 0.3) is 0 Å². The van der Waals surface area contributed by atoms with Crippen LogP contribution < -0.4 is 0 Å². The SMILES string of the molecule is N#CCc1ccc(F)cc1C(=O)C1CC2CCCC(C1)S2. The molecule has 0 spiro atoms. The van der Waals surface area contributed by atoms with E-state index in [0.29, 0.717) is 21.6 Å². The lowest BCUT2D eigenvalue weighted by Gasteiger charge is -2.38. The van der Waals surface area contributed by atoms with Crippen LogP contribution in [0.2, 0.25) is 0 Å². The van der Waals surface area contributed by atoms with E-state index in [-0.39, 0.29) is 18.1 Å². The number of fused-ring (bicyclic) bond motifs is 2. The Morgan fingerprint density at radius 3 is 2.71 bits per heavy atom. The maximum Gasteiger partial charge on any atom is 0.166 e. The van der Waals surface area contributed by atoms with Gasteiger partial charge in [0.05, 0.1) is 12.5 Å². The van der Waals surface area contributed by atoms with Gasteiger partial charge in [0, 0.05) is 22.0 Å². The van der Waals surface area contributed by atoms with E-state index in [9.17, 15) is 9.18 Å². The molecule has 2 aliphatic rings. The van der Waals surface area contributed by atoms with Crippen molar-refractivity contribution in [3.8, 4) is 6.07 Å². The molecule has 1 aromatic carbocycles. The summed E-state index contributed by atoms with van der Waals surface area (Å²) >= 11 is 2.03. The summed E-state index contributed by atoms with van der Waals surface area (Å²) in [6.07, 6.45) is 5.63. The van der Waals surface area contributed by atoms with Crippen molar-refractivity contribution in [2.24, 2.45) is 5.92 Å². The van der Waals surface area contributed by atoms with Crippen molar-refractivity contribution >= 4 is 17.5 Å². The van der Waals surface area contributed by atoms with Crippen LogP contribution in [0.1, 0.15) is 48.0 Å². The van der Waals surface area contributed by atoms with Crippen molar-refractivity contribution in [2.45, 2.75) is 49.0 Å². The molecule has 21 heavy (non-hydrogen) atoms. The van der Waals surface area contributed by atoms with Gasteiger partial charge in [0.2, 0.25) is 0 Å². The van der Waals surface area contributed by atoms with E-state index in [0.717, 1.165) is 12.8 Å². The molecule has 4 heteroatoms. The summed E-state index contributed by atoms with van der Waals surface area (Å²) in [5, 5.41) is 10.0. The van der Waals surface area contributed by atoms with Crippen molar-refractivity contribution in [2.75, 3.05) is 0 Å². The van der Waals surface area contributed by atoms with Crippen LogP contribution >= 0.6 is 11.8 Å². The number of halogens is 1. The molecule has 0 saturated carbocycles. The summed E-state index contributed by atoms with van der Waals surface area (Å²) in [4.78, 5) is 12.8. The van der Waals surface area contributed by atoms with Gasteiger partial charge in [-0.1, -0.05) is 12.5 Å². The molecule has 2 fully saturated rings. The average molecular weight is 303 g/mol. The highest BCUT2D eigenvalue weighted by molar-refractivity contribution is 8.00. The molecule has 2 unspecified atom stereocenters. The molecule has 2 heterocycles. The predicted octanol–water partition coefficient (Wildman–Crippen LogP) is 4.14. The molecule has 0 N–H and O–H groups in total. The summed E-state index contributed by atoms with van der Waals surface area (Å²) in [7, 11) is 0. The van der Waals surface area contributed by atoms with Gasteiger partial charge in [0.1, 0.15) is 5.82 Å². The minimum Gasteiger partial charge on any atom is -0.294 e. The zero-order chi connectivity index (χ0) is 14.8. The van der Waals surface area contributed by atoms with Gasteiger partial charge in [-0.3, -0.25) is 4.79 Å². The van der Waals surface area contributed by atoms with Crippen molar-refractivity contribution in [3.05, 3.63) is 35.1 Å². The lowest BCUT2D eigenvalue weighted by Crippen LogP contribution is -2.33. The maximum absolute atomic E-state index is 13.5. The predicted molar refractivity (Wildman–Crippen MR) is 81.8 cm³/mol. The number of ketones is 1. The number of thioether (sulfide) groups is 1. The van der Waals surface area contributed by atoms with E-state index < -0.39 is 5.82 Å². The number of Topliss-reactive ketones (excluding diaryl/α,β-unsaturated/α-hetero) is 1. The standard InChI is InChI=1S/C17H18FNOS/c18-13-5-4-11(6-7-19)16(10-13)17(20)12-8-14-2-1-3-15(9-12)21-14/h4-5,10,12,14-15H,1-3,6,8-9H2. The number of rotatable bonds is 3. The highest BCUT2D eigenvalue weighted by atomic mass is 32.2. The Hall–Kier alpha value is -1.34. The fourth-order valence-electron chi connectivity index (χ4n) is 3.51. The van der Waals surface area contributed by atoms with E-state index >= 15 is 0 Å². The third kappa shape index (κ3) is 3.13. The van der Waals surface area contributed by atoms with E-state index in [4.69, 9.17) is 5.26 Å². The van der Waals surface area contributed by atoms with Crippen molar-refractivity contribution in [3.63, 3.8) is 0 Å². The van der Waals surface area contributed by atoms with Gasteiger partial charge in [-0.2, -0.15) is 17.0 Å². The highest BCUT2D eigenvalue weighted by Crippen LogP contribution is 2.44. The van der Waals surface area contributed by atoms with Gasteiger partial charge < -0.3 is 0 Å². The number of hydrogen-bond donors (Lipinski definition) is 0. The molecule has 2 aliphatic heterocycles. The zero-order valence-corrected chi connectivity index (χ0v) is 12.7. The van der Waals surface area contributed by atoms with E-state index in [1.807, 2.05) is 11.8 Å². The molecule has 0 aliphatic carbocycles. The van der Waals surface area contributed by atoms with Crippen LogP contribution in [0.5, 0.6) is 0 Å². The van der Waals surface area contributed by atoms with Gasteiger partial charge in [0.15, 0.2) is 5.78 Å². The molecule has 0 aromatic heterocycles. The van der Waals surface area contributed by atoms with Gasteiger partial charge in [-0.15, -0.1) is 0 Å². The van der Waals surface area contributed by atoms with Crippen molar-refractivity contribution in [1.82, 2.24) is 0 Å². The van der Waals surface area contributed by atoms with Gasteiger partial charge in [-0.25, -0.2) is 4.39 Å². The molecule has 2 atom stereocenters. The molecule has 2 saturated heterocycles. The molecule has 2 nitrogen and oxygen atoms in total. The van der Waals surface area contributed by atoms with Crippen molar-refractivity contribution < 1.29 is 9.18 Å². The van der Waals surface area contributed by atoms with Crippen LogP contribution in [0.15, 0.2) is 18.2 Å². The largest absolute Gasteiger partial charge is 0.294 e. The first-order valence-electron chi connectivity index (χ1n) is 7.52. The Labute approximate surface area is 128 Å². The first-order chi connectivity index (χ1) is 10.2. The second-order valence-corrected chi connectivity index (χ2v) is 7.59. The quantitative estimate of drug-likeness (QED) is 0.788. The number of carbonyl (C=O) groups excluding carboxylic acids is 1. The Balaban J connectivity index is 1.85. The number of nitrogens with zero attached hydrogens (tertiary/aromatic N) is 1. The summed E-state index contributed by atoms with van der Waals surface area (Å²) in [6, 6.07) is 6.28. The fraction of sp³-hybridized carbons (Fsp3) is 0.529. The summed E-state index contributed by atoms with van der Waals surface area (Å²) in [5.74, 6) is -0.358. The molecule has 0 amide bonds. The Morgan fingerprint density at radius 1 is 1.33 bits per heavy atom. The number of benzene rings is 1. The smallest absolute Gasteiger partial charge is 0.166 e. The monoisotopic (exact) mass is 303 g/mol. The summed E-state index contributed by atoms with van der Waals surface area (Å²) in [6.45, 7) is 0. The fourth-order valence-corrected chi connectivity index (χ4v) is 5.35. The van der Waals surface area contributed by atoms with E-state index in [1.165, 1.54) is 31.4 Å². The molecular formula is C17H18FNOS. The van der Waals surface area contributed by atoms with Crippen molar-refractivity contribution in [1.29, 1.82) is 5.26 Å². The molecule has 1 aromatic rings. The lowest BCUT2D eigenvalue weighted by molar-refractivity contribution is 0.0895. The molecule has 0 radical (unpaired) electrons. The number of nitriles is 1. The third-order valence-electron chi connectivity index (χ3n) is 4.51. The third-order valence-corrected chi connectivity index (χ3v) is 6.14. The molecule has 2 bridgehead atoms. The molecule has 110 valence electrons. The second kappa shape index (κ2) is 6.19. The Morgan fingerprint density at radius 2 is 2.05 bits per heavy atom. The molecular weight excluding hydrogens is 285 g/mol. The van der Waals surface area contributed by atoms with Crippen LogP contribution in [0.3, 0.4) is 0 Å². The average Bonchev–Trinajstić information content (AvgIpc) is 2.48. The highest BCUT2D eigenvalue weighted by Gasteiger charge is 2.36. The van der Waals surface area contributed by atoms with E-state index in [2.05, 4.69) is 6.07 Å². The second-order valence-electron chi connectivity index (χ2n) is 5.98. The Kier molecular flexibility index (Phi) is 4.30. The van der Waals surface area contributed by atoms with Crippen LogP contribution in [-0.2, 0) is 6.42 Å². The maximum atomic E-state index is 13.5. The summed E-state index contributed by atoms with van der Waals surface area (Å²) < 4.78 is 13.5. The van der Waals surface area contributed by atoms with Crippen LogP contribution in [0.4, 0.5) is 4.39 Å². The number of carbonyl (C=O) groups is 1. The topological polar surface area (TPSA) is 40.9 Å². The van der Waals surface area contributed by atoms with Crippen LogP contribution in [0.25, 0.3) is 0 Å². The lowest BCUT2D eigenvalue weighted by atomic mass is 9.83. The van der Waals surface area contributed by atoms with Crippen LogP contribution in [-0.4, -0.2) is 16.3 Å². The van der Waals surface area contributed by atoms with Crippen LogP contribution in [0, 0.1) is 23.1 Å². The normalized spacial score (nSPS) is 27.9. The van der Waals surface area contributed by atoms with Gasteiger partial charge in [-0.05, 0) is 43.4 Å². The first kappa shape index (κ1) is 14.6. The minimum absolute atomic E-state index is 0.000734. The summed E-state index contributed by atoms with van der Waals surface area (Å²) in [5.41, 5.74) is 1.08. The van der Waals surface area contributed by atoms with E-state index in [1.54, 1.807) is 6.07 Å².